The van der Waals surface area contributed by atoms with Gasteiger partial charge in [-0.25, -0.2) is 9.36 Å². The lowest BCUT2D eigenvalue weighted by molar-refractivity contribution is -0.148. The fraction of sp³-hybridized carbons (Fsp3) is 0.421. The molecule has 1 saturated heterocycles. The molecule has 1 aliphatic heterocycles. The molecule has 1 N–H and O–H groups in total. The number of H-pyrrole nitrogens is 1. The Kier molecular flexibility index (Phi) is 5.63. The topological polar surface area (TPSA) is 93.6 Å². The Morgan fingerprint density at radius 3 is 2.41 bits per heavy atom. The van der Waals surface area contributed by atoms with E-state index in [0.29, 0.717) is 49.8 Å². The summed E-state index contributed by atoms with van der Waals surface area (Å²) >= 11 is 0. The van der Waals surface area contributed by atoms with Crippen molar-refractivity contribution in [3.63, 3.8) is 0 Å². The molecular formula is C19H23N3O5. The summed E-state index contributed by atoms with van der Waals surface area (Å²) < 4.78 is 11.2. The average molecular weight is 373 g/mol. The van der Waals surface area contributed by atoms with Gasteiger partial charge in [-0.15, -0.1) is 0 Å². The van der Waals surface area contributed by atoms with Crippen molar-refractivity contribution in [2.75, 3.05) is 31.7 Å². The van der Waals surface area contributed by atoms with E-state index in [1.807, 2.05) is 4.90 Å². The number of nitrogens with zero attached hydrogens (tertiary/aromatic N) is 2. The van der Waals surface area contributed by atoms with Crippen molar-refractivity contribution >= 4 is 11.8 Å². The van der Waals surface area contributed by atoms with Crippen molar-refractivity contribution in [1.29, 1.82) is 0 Å². The zero-order chi connectivity index (χ0) is 19.4. The van der Waals surface area contributed by atoms with Gasteiger partial charge in [-0.3, -0.25) is 14.6 Å². The molecule has 0 aliphatic carbocycles. The van der Waals surface area contributed by atoms with Crippen molar-refractivity contribution in [3.05, 3.63) is 51.2 Å². The van der Waals surface area contributed by atoms with E-state index in [1.165, 1.54) is 6.07 Å². The number of carbonyl (C=O) groups is 1. The van der Waals surface area contributed by atoms with E-state index in [-0.39, 0.29) is 11.9 Å². The van der Waals surface area contributed by atoms with Gasteiger partial charge in [-0.1, -0.05) is 0 Å². The smallest absolute Gasteiger partial charge is 0.334 e. The number of carbonyl (C=O) groups excluding carboxylic acids is 1. The minimum Gasteiger partial charge on any atom is -0.497 e. The van der Waals surface area contributed by atoms with Crippen LogP contribution in [0.4, 0.5) is 5.82 Å². The maximum Gasteiger partial charge on any atom is 0.334 e. The molecule has 1 aliphatic rings. The number of anilines is 1. The molecule has 27 heavy (non-hydrogen) atoms. The van der Waals surface area contributed by atoms with Crippen LogP contribution in [0.25, 0.3) is 5.69 Å². The molecule has 1 fully saturated rings. The molecule has 0 saturated carbocycles. The van der Waals surface area contributed by atoms with Crippen LogP contribution in [0, 0.1) is 5.92 Å². The molecule has 2 aromatic rings. The molecule has 144 valence electrons. The van der Waals surface area contributed by atoms with Crippen LogP contribution in [0.1, 0.15) is 19.8 Å². The number of piperidine rings is 1. The number of nitrogens with one attached hydrogen (secondary N) is 1. The Hall–Kier alpha value is -3.03. The highest BCUT2D eigenvalue weighted by atomic mass is 16.5. The maximum atomic E-state index is 12.5. The Balaban J connectivity index is 1.78. The largest absolute Gasteiger partial charge is 0.497 e. The minimum absolute atomic E-state index is 0.132. The van der Waals surface area contributed by atoms with Crippen molar-refractivity contribution in [2.24, 2.45) is 5.92 Å². The Labute approximate surface area is 156 Å². The van der Waals surface area contributed by atoms with Gasteiger partial charge in [0.1, 0.15) is 11.6 Å². The van der Waals surface area contributed by atoms with Crippen molar-refractivity contribution < 1.29 is 14.3 Å². The number of aromatic amines is 1. The Morgan fingerprint density at radius 2 is 1.85 bits per heavy atom. The summed E-state index contributed by atoms with van der Waals surface area (Å²) in [5.41, 5.74) is -0.448. The number of hydrogen-bond donors (Lipinski definition) is 1. The molecule has 3 rings (SSSR count). The molecular weight excluding hydrogens is 350 g/mol. The fourth-order valence-corrected chi connectivity index (χ4v) is 3.25. The molecule has 0 amide bonds. The van der Waals surface area contributed by atoms with Gasteiger partial charge in [0.2, 0.25) is 0 Å². The normalized spacial score (nSPS) is 14.8. The van der Waals surface area contributed by atoms with Crippen LogP contribution < -0.4 is 20.9 Å². The molecule has 8 heteroatoms. The van der Waals surface area contributed by atoms with Crippen LogP contribution in [-0.4, -0.2) is 42.3 Å². The number of aromatic nitrogens is 2. The number of rotatable bonds is 5. The monoisotopic (exact) mass is 373 g/mol. The minimum atomic E-state index is -0.504. The van der Waals surface area contributed by atoms with Crippen LogP contribution in [0.5, 0.6) is 5.75 Å². The predicted octanol–water partition coefficient (Wildman–Crippen LogP) is 1.31. The average Bonchev–Trinajstić information content (AvgIpc) is 2.68. The number of benzene rings is 1. The Morgan fingerprint density at radius 1 is 1.19 bits per heavy atom. The zero-order valence-electron chi connectivity index (χ0n) is 15.4. The first kappa shape index (κ1) is 18.8. The van der Waals surface area contributed by atoms with E-state index in [9.17, 15) is 14.4 Å². The summed E-state index contributed by atoms with van der Waals surface area (Å²) in [6.45, 7) is 3.31. The summed E-state index contributed by atoms with van der Waals surface area (Å²) in [7, 11) is 1.55. The number of ether oxygens (including phenoxy) is 2. The summed E-state index contributed by atoms with van der Waals surface area (Å²) in [6.07, 6.45) is 1.25. The van der Waals surface area contributed by atoms with E-state index >= 15 is 0 Å². The zero-order valence-corrected chi connectivity index (χ0v) is 15.4. The summed E-state index contributed by atoms with van der Waals surface area (Å²) in [5.74, 6) is 0.801. The van der Waals surface area contributed by atoms with Gasteiger partial charge in [0, 0.05) is 19.2 Å². The Bertz CT molecular complexity index is 877. The molecule has 8 nitrogen and oxygen atoms in total. The third-order valence-electron chi connectivity index (χ3n) is 4.70. The van der Waals surface area contributed by atoms with Crippen LogP contribution in [0.3, 0.4) is 0 Å². The molecule has 1 aromatic heterocycles. The molecule has 0 radical (unpaired) electrons. The first-order chi connectivity index (χ1) is 13.0. The van der Waals surface area contributed by atoms with E-state index in [0.717, 1.165) is 4.57 Å². The fourth-order valence-electron chi connectivity index (χ4n) is 3.25. The van der Waals surface area contributed by atoms with Crippen molar-refractivity contribution in [2.45, 2.75) is 19.8 Å². The summed E-state index contributed by atoms with van der Waals surface area (Å²) in [6, 6.07) is 8.10. The van der Waals surface area contributed by atoms with Gasteiger partial charge >= 0.3 is 11.7 Å². The summed E-state index contributed by atoms with van der Waals surface area (Å²) in [4.78, 5) is 41.5. The second kappa shape index (κ2) is 8.11. The molecule has 0 bridgehead atoms. The number of methoxy groups -OCH3 is 1. The van der Waals surface area contributed by atoms with Crippen LogP contribution >= 0.6 is 0 Å². The molecule has 0 spiro atoms. The van der Waals surface area contributed by atoms with Crippen molar-refractivity contribution in [1.82, 2.24) is 9.55 Å². The quantitative estimate of drug-likeness (QED) is 0.795. The highest BCUT2D eigenvalue weighted by molar-refractivity contribution is 5.72. The first-order valence-electron chi connectivity index (χ1n) is 8.96. The third kappa shape index (κ3) is 4.05. The SMILES string of the molecule is CCOC(=O)C1CCN(c2cc(=O)n(-c3ccc(OC)cc3)c(=O)[nH]2)CC1. The number of hydrogen-bond acceptors (Lipinski definition) is 6. The lowest BCUT2D eigenvalue weighted by Gasteiger charge is -2.32. The van der Waals surface area contributed by atoms with E-state index < -0.39 is 11.2 Å². The highest BCUT2D eigenvalue weighted by Crippen LogP contribution is 2.22. The van der Waals surface area contributed by atoms with Crippen LogP contribution in [-0.2, 0) is 9.53 Å². The molecule has 0 unspecified atom stereocenters. The van der Waals surface area contributed by atoms with E-state index in [4.69, 9.17) is 9.47 Å². The van der Waals surface area contributed by atoms with Gasteiger partial charge in [0.15, 0.2) is 0 Å². The van der Waals surface area contributed by atoms with E-state index in [1.54, 1.807) is 38.3 Å². The second-order valence-corrected chi connectivity index (χ2v) is 6.34. The maximum absolute atomic E-state index is 12.5. The standard InChI is InChI=1S/C19H23N3O5/c1-3-27-18(24)13-8-10-21(11-9-13)16-12-17(23)22(19(25)20-16)14-4-6-15(26-2)7-5-14/h4-7,12-13H,3,8-11H2,1-2H3,(H,20,25). The van der Waals surface area contributed by atoms with Gasteiger partial charge in [-0.05, 0) is 44.0 Å². The molecule has 2 heterocycles. The van der Waals surface area contributed by atoms with Gasteiger partial charge in [0.05, 0.1) is 25.3 Å². The van der Waals surface area contributed by atoms with Crippen LogP contribution in [0.15, 0.2) is 39.9 Å². The summed E-state index contributed by atoms with van der Waals surface area (Å²) in [5, 5.41) is 0. The third-order valence-corrected chi connectivity index (χ3v) is 4.70. The highest BCUT2D eigenvalue weighted by Gasteiger charge is 2.26. The molecule has 1 aromatic carbocycles. The number of esters is 1. The van der Waals surface area contributed by atoms with Gasteiger partial charge in [0.25, 0.3) is 5.56 Å². The van der Waals surface area contributed by atoms with Crippen molar-refractivity contribution in [3.8, 4) is 11.4 Å². The van der Waals surface area contributed by atoms with Gasteiger partial charge in [-0.2, -0.15) is 0 Å². The second-order valence-electron chi connectivity index (χ2n) is 6.34. The lowest BCUT2D eigenvalue weighted by atomic mass is 9.97. The first-order valence-corrected chi connectivity index (χ1v) is 8.96. The molecule has 0 atom stereocenters. The predicted molar refractivity (Wildman–Crippen MR) is 101 cm³/mol. The van der Waals surface area contributed by atoms with E-state index in [2.05, 4.69) is 4.98 Å². The van der Waals surface area contributed by atoms with Crippen LogP contribution in [0.2, 0.25) is 0 Å². The lowest BCUT2D eigenvalue weighted by Crippen LogP contribution is -2.41. The van der Waals surface area contributed by atoms with Gasteiger partial charge < -0.3 is 14.4 Å².